The molecular formula is C19H27N3O3. The van der Waals surface area contributed by atoms with Crippen LogP contribution >= 0.6 is 0 Å². The van der Waals surface area contributed by atoms with Crippen LogP contribution in [0.1, 0.15) is 31.2 Å². The second-order valence-electron chi connectivity index (χ2n) is 6.70. The quantitative estimate of drug-likeness (QED) is 0.860. The predicted molar refractivity (Wildman–Crippen MR) is 95.0 cm³/mol. The van der Waals surface area contributed by atoms with Gasteiger partial charge in [-0.1, -0.05) is 36.8 Å². The van der Waals surface area contributed by atoms with Crippen molar-refractivity contribution in [3.63, 3.8) is 0 Å². The molecular weight excluding hydrogens is 318 g/mol. The van der Waals surface area contributed by atoms with Crippen LogP contribution in [0.5, 0.6) is 0 Å². The van der Waals surface area contributed by atoms with Crippen molar-refractivity contribution in [2.75, 3.05) is 26.3 Å². The van der Waals surface area contributed by atoms with E-state index < -0.39 is 0 Å². The minimum atomic E-state index is -0.111. The van der Waals surface area contributed by atoms with Crippen LogP contribution in [0.3, 0.4) is 0 Å². The normalized spacial score (nSPS) is 24.8. The Morgan fingerprint density at radius 2 is 2.04 bits per heavy atom. The second-order valence-corrected chi connectivity index (χ2v) is 6.70. The molecule has 6 nitrogen and oxygen atoms in total. The van der Waals surface area contributed by atoms with Crippen molar-refractivity contribution in [2.24, 2.45) is 5.92 Å². The molecule has 1 aromatic carbocycles. The number of nitrogens with one attached hydrogen (secondary N) is 2. The number of ether oxygens (including phenoxy) is 1. The predicted octanol–water partition coefficient (Wildman–Crippen LogP) is 1.90. The molecule has 0 spiro atoms. The first-order chi connectivity index (χ1) is 12.3. The van der Waals surface area contributed by atoms with Crippen molar-refractivity contribution in [1.82, 2.24) is 15.5 Å². The highest BCUT2D eigenvalue weighted by Crippen LogP contribution is 2.30. The van der Waals surface area contributed by atoms with E-state index in [2.05, 4.69) is 10.6 Å². The highest BCUT2D eigenvalue weighted by atomic mass is 16.5. The van der Waals surface area contributed by atoms with Crippen LogP contribution in [0.2, 0.25) is 0 Å². The summed E-state index contributed by atoms with van der Waals surface area (Å²) >= 11 is 0. The van der Waals surface area contributed by atoms with Gasteiger partial charge in [0.2, 0.25) is 5.91 Å². The lowest BCUT2D eigenvalue weighted by molar-refractivity contribution is -0.126. The first-order valence-corrected chi connectivity index (χ1v) is 9.19. The maximum Gasteiger partial charge on any atom is 0.317 e. The fraction of sp³-hybridized carbons (Fsp3) is 0.579. The van der Waals surface area contributed by atoms with Crippen molar-refractivity contribution >= 4 is 11.9 Å². The smallest absolute Gasteiger partial charge is 0.317 e. The molecule has 1 saturated heterocycles. The summed E-state index contributed by atoms with van der Waals surface area (Å²) in [7, 11) is 0. The number of nitrogens with zero attached hydrogens (tertiary/aromatic N) is 1. The van der Waals surface area contributed by atoms with E-state index >= 15 is 0 Å². The van der Waals surface area contributed by atoms with Crippen molar-refractivity contribution in [1.29, 1.82) is 0 Å². The summed E-state index contributed by atoms with van der Waals surface area (Å²) in [5, 5.41) is 5.96. The molecule has 0 bridgehead atoms. The zero-order valence-electron chi connectivity index (χ0n) is 14.6. The summed E-state index contributed by atoms with van der Waals surface area (Å²) < 4.78 is 5.52. The topological polar surface area (TPSA) is 70.7 Å². The molecule has 2 fully saturated rings. The summed E-state index contributed by atoms with van der Waals surface area (Å²) in [6.07, 6.45) is 3.51. The van der Waals surface area contributed by atoms with Gasteiger partial charge in [0.1, 0.15) is 0 Å². The summed E-state index contributed by atoms with van der Waals surface area (Å²) in [6, 6.07) is 9.76. The number of benzene rings is 1. The number of hydrogen-bond acceptors (Lipinski definition) is 3. The molecule has 136 valence electrons. The van der Waals surface area contributed by atoms with Crippen LogP contribution < -0.4 is 10.6 Å². The van der Waals surface area contributed by atoms with Gasteiger partial charge < -0.3 is 20.3 Å². The third kappa shape index (κ3) is 4.72. The maximum atomic E-state index is 12.8. The Morgan fingerprint density at radius 1 is 1.20 bits per heavy atom. The Balaban J connectivity index is 1.68. The fourth-order valence-corrected chi connectivity index (χ4v) is 3.73. The van der Waals surface area contributed by atoms with Gasteiger partial charge in [0, 0.05) is 32.3 Å². The van der Waals surface area contributed by atoms with Crippen LogP contribution in [-0.2, 0) is 16.1 Å². The molecule has 1 saturated carbocycles. The van der Waals surface area contributed by atoms with Crippen molar-refractivity contribution in [3.8, 4) is 0 Å². The molecule has 1 aliphatic carbocycles. The Bertz CT molecular complexity index is 579. The molecule has 1 aromatic rings. The average Bonchev–Trinajstić information content (AvgIpc) is 3.11. The first kappa shape index (κ1) is 17.7. The number of urea groups is 1. The van der Waals surface area contributed by atoms with E-state index in [1.54, 1.807) is 0 Å². The molecule has 1 heterocycles. The van der Waals surface area contributed by atoms with Gasteiger partial charge in [-0.15, -0.1) is 0 Å². The Labute approximate surface area is 148 Å². The van der Waals surface area contributed by atoms with Crippen LogP contribution in [-0.4, -0.2) is 49.2 Å². The van der Waals surface area contributed by atoms with Gasteiger partial charge in [-0.25, -0.2) is 4.79 Å². The number of rotatable bonds is 2. The maximum absolute atomic E-state index is 12.8. The highest BCUT2D eigenvalue weighted by molar-refractivity contribution is 5.81. The van der Waals surface area contributed by atoms with E-state index in [0.717, 1.165) is 31.2 Å². The molecule has 2 N–H and O–H groups in total. The standard InChI is InChI=1S/C19H27N3O3/c23-18-16-8-4-9-17(16)22(11-5-12-25-13-10-20-18)19(24)21-14-15-6-2-1-3-7-15/h1-3,6-7,16-17H,4-5,8-14H2,(H,20,23)(H,21,24). The minimum Gasteiger partial charge on any atom is -0.380 e. The molecule has 0 aromatic heterocycles. The largest absolute Gasteiger partial charge is 0.380 e. The van der Waals surface area contributed by atoms with Crippen LogP contribution in [0.15, 0.2) is 30.3 Å². The Kier molecular flexibility index (Phi) is 6.28. The third-order valence-corrected chi connectivity index (χ3v) is 5.00. The van der Waals surface area contributed by atoms with E-state index in [0.29, 0.717) is 32.8 Å². The lowest BCUT2D eigenvalue weighted by Crippen LogP contribution is -2.50. The number of carbonyl (C=O) groups is 2. The molecule has 2 unspecified atom stereocenters. The van der Waals surface area contributed by atoms with Gasteiger partial charge in [0.25, 0.3) is 0 Å². The van der Waals surface area contributed by atoms with Crippen LogP contribution in [0.4, 0.5) is 4.79 Å². The van der Waals surface area contributed by atoms with Gasteiger partial charge in [-0.3, -0.25) is 4.79 Å². The van der Waals surface area contributed by atoms with Gasteiger partial charge in [-0.05, 0) is 24.8 Å². The van der Waals surface area contributed by atoms with Crippen molar-refractivity contribution in [3.05, 3.63) is 35.9 Å². The first-order valence-electron chi connectivity index (χ1n) is 9.19. The van der Waals surface area contributed by atoms with E-state index in [1.807, 2.05) is 35.2 Å². The molecule has 2 atom stereocenters. The number of hydrogen-bond donors (Lipinski definition) is 2. The van der Waals surface area contributed by atoms with E-state index in [1.165, 1.54) is 0 Å². The summed E-state index contributed by atoms with van der Waals surface area (Å²) in [6.45, 7) is 2.80. The lowest BCUT2D eigenvalue weighted by atomic mass is 10.0. The van der Waals surface area contributed by atoms with Crippen molar-refractivity contribution in [2.45, 2.75) is 38.3 Å². The lowest BCUT2D eigenvalue weighted by Gasteiger charge is -2.32. The molecule has 2 aliphatic rings. The SMILES string of the molecule is O=C1NCCOCCCN(C(=O)NCc2ccccc2)C2CCCC12. The summed E-state index contributed by atoms with van der Waals surface area (Å²) in [5.41, 5.74) is 1.07. The minimum absolute atomic E-state index is 0.0196. The van der Waals surface area contributed by atoms with Gasteiger partial charge in [-0.2, -0.15) is 0 Å². The van der Waals surface area contributed by atoms with Gasteiger partial charge in [0.15, 0.2) is 0 Å². The molecule has 3 amide bonds. The summed E-state index contributed by atoms with van der Waals surface area (Å²) in [5.74, 6) is -0.0607. The zero-order valence-corrected chi connectivity index (χ0v) is 14.6. The molecule has 3 rings (SSSR count). The van der Waals surface area contributed by atoms with Gasteiger partial charge in [0.05, 0.1) is 12.5 Å². The molecule has 6 heteroatoms. The Morgan fingerprint density at radius 3 is 2.88 bits per heavy atom. The van der Waals surface area contributed by atoms with Gasteiger partial charge >= 0.3 is 6.03 Å². The molecule has 25 heavy (non-hydrogen) atoms. The highest BCUT2D eigenvalue weighted by Gasteiger charge is 2.38. The monoisotopic (exact) mass is 345 g/mol. The van der Waals surface area contributed by atoms with E-state index in [-0.39, 0.29) is 23.9 Å². The fourth-order valence-electron chi connectivity index (χ4n) is 3.73. The van der Waals surface area contributed by atoms with E-state index in [4.69, 9.17) is 4.74 Å². The second kappa shape index (κ2) is 8.85. The van der Waals surface area contributed by atoms with Crippen molar-refractivity contribution < 1.29 is 14.3 Å². The average molecular weight is 345 g/mol. The number of fused-ring (bicyclic) bond motifs is 1. The Hall–Kier alpha value is -2.08. The summed E-state index contributed by atoms with van der Waals surface area (Å²) in [4.78, 5) is 27.1. The molecule has 0 radical (unpaired) electrons. The van der Waals surface area contributed by atoms with Crippen LogP contribution in [0.25, 0.3) is 0 Å². The molecule has 1 aliphatic heterocycles. The van der Waals surface area contributed by atoms with Crippen LogP contribution in [0, 0.1) is 5.92 Å². The number of amides is 3. The number of carbonyl (C=O) groups excluding carboxylic acids is 2. The zero-order chi connectivity index (χ0) is 17.5. The van der Waals surface area contributed by atoms with E-state index in [9.17, 15) is 9.59 Å². The third-order valence-electron chi connectivity index (χ3n) is 5.00.